The second-order valence-electron chi connectivity index (χ2n) is 5.98. The van der Waals surface area contributed by atoms with E-state index >= 15 is 0 Å². The SMILES string of the molecule is CN=Cc1cc(Cc2cc3c(c(Cl)c2C)OCCNC3=O)ccc1N. The lowest BCUT2D eigenvalue weighted by molar-refractivity contribution is 0.0957. The molecule has 25 heavy (non-hydrogen) atoms. The molecule has 5 nitrogen and oxygen atoms in total. The summed E-state index contributed by atoms with van der Waals surface area (Å²) in [6, 6.07) is 7.69. The molecule has 130 valence electrons. The molecule has 1 heterocycles. The number of ether oxygens (including phenoxy) is 1. The van der Waals surface area contributed by atoms with E-state index in [1.807, 2.05) is 31.2 Å². The zero-order chi connectivity index (χ0) is 18.0. The summed E-state index contributed by atoms with van der Waals surface area (Å²) in [6.07, 6.45) is 2.37. The van der Waals surface area contributed by atoms with Crippen LogP contribution in [0.5, 0.6) is 5.75 Å². The number of anilines is 1. The van der Waals surface area contributed by atoms with E-state index < -0.39 is 0 Å². The summed E-state index contributed by atoms with van der Waals surface area (Å²) in [4.78, 5) is 16.3. The number of nitrogens with zero attached hydrogens (tertiary/aromatic N) is 1. The highest BCUT2D eigenvalue weighted by atomic mass is 35.5. The number of carbonyl (C=O) groups excluding carboxylic acids is 1. The van der Waals surface area contributed by atoms with Crippen molar-refractivity contribution < 1.29 is 9.53 Å². The Hall–Kier alpha value is -2.53. The standard InChI is InChI=1S/C19H20ClN3O2/c1-11-13(7-12-3-4-16(21)14(8-12)10-22-2)9-15-18(17(11)20)25-6-5-23-19(15)24/h3-4,8-10H,5-7,21H2,1-2H3,(H,23,24). The molecule has 1 amide bonds. The van der Waals surface area contributed by atoms with Crippen molar-refractivity contribution in [1.29, 1.82) is 0 Å². The van der Waals surface area contributed by atoms with Gasteiger partial charge in [0.25, 0.3) is 5.91 Å². The van der Waals surface area contributed by atoms with Crippen molar-refractivity contribution in [3.05, 3.63) is 57.1 Å². The van der Waals surface area contributed by atoms with Gasteiger partial charge in [-0.15, -0.1) is 0 Å². The molecule has 3 rings (SSSR count). The molecule has 2 aromatic rings. The number of carbonyl (C=O) groups is 1. The lowest BCUT2D eigenvalue weighted by Crippen LogP contribution is -2.24. The monoisotopic (exact) mass is 357 g/mol. The Morgan fingerprint density at radius 3 is 2.96 bits per heavy atom. The van der Waals surface area contributed by atoms with Gasteiger partial charge in [0.1, 0.15) is 6.61 Å². The molecular formula is C19H20ClN3O2. The van der Waals surface area contributed by atoms with E-state index in [0.29, 0.717) is 41.6 Å². The third-order valence-corrected chi connectivity index (χ3v) is 4.72. The number of rotatable bonds is 3. The largest absolute Gasteiger partial charge is 0.489 e. The fraction of sp³-hybridized carbons (Fsp3) is 0.263. The molecule has 0 aromatic heterocycles. The Kier molecular flexibility index (Phi) is 4.95. The van der Waals surface area contributed by atoms with Crippen LogP contribution in [0.3, 0.4) is 0 Å². The Bertz CT molecular complexity index is 862. The number of hydrogen-bond donors (Lipinski definition) is 2. The number of nitrogens with two attached hydrogens (primary N) is 1. The van der Waals surface area contributed by atoms with Crippen LogP contribution >= 0.6 is 11.6 Å². The summed E-state index contributed by atoms with van der Waals surface area (Å²) >= 11 is 6.48. The maximum atomic E-state index is 12.3. The number of nitrogens with one attached hydrogen (secondary N) is 1. The first-order chi connectivity index (χ1) is 12.0. The molecule has 0 saturated heterocycles. The molecule has 0 fully saturated rings. The van der Waals surface area contributed by atoms with Crippen LogP contribution in [0.1, 0.15) is 32.6 Å². The molecule has 0 atom stereocenters. The molecule has 0 aliphatic carbocycles. The highest BCUT2D eigenvalue weighted by Gasteiger charge is 2.22. The molecule has 1 aliphatic heterocycles. The van der Waals surface area contributed by atoms with Gasteiger partial charge in [0.15, 0.2) is 5.75 Å². The summed E-state index contributed by atoms with van der Waals surface area (Å²) in [5.41, 5.74) is 11.0. The number of halogens is 1. The first-order valence-corrected chi connectivity index (χ1v) is 8.42. The third-order valence-electron chi connectivity index (χ3n) is 4.27. The molecule has 0 saturated carbocycles. The van der Waals surface area contributed by atoms with Crippen LogP contribution in [0, 0.1) is 6.92 Å². The van der Waals surface area contributed by atoms with Gasteiger partial charge in [0.2, 0.25) is 0 Å². The average molecular weight is 358 g/mol. The number of amides is 1. The molecule has 2 aromatic carbocycles. The van der Waals surface area contributed by atoms with Crippen LogP contribution in [0.2, 0.25) is 5.02 Å². The number of fused-ring (bicyclic) bond motifs is 1. The van der Waals surface area contributed by atoms with E-state index in [-0.39, 0.29) is 5.91 Å². The molecule has 1 aliphatic rings. The predicted octanol–water partition coefficient (Wildman–Crippen LogP) is 2.99. The van der Waals surface area contributed by atoms with Crippen molar-refractivity contribution in [3.8, 4) is 5.75 Å². The summed E-state index contributed by atoms with van der Waals surface area (Å²) in [5.74, 6) is 0.306. The van der Waals surface area contributed by atoms with Crippen molar-refractivity contribution in [1.82, 2.24) is 5.32 Å². The minimum Gasteiger partial charge on any atom is -0.489 e. The van der Waals surface area contributed by atoms with Crippen LogP contribution in [0.15, 0.2) is 29.3 Å². The van der Waals surface area contributed by atoms with Gasteiger partial charge in [-0.2, -0.15) is 0 Å². The zero-order valence-corrected chi connectivity index (χ0v) is 15.0. The van der Waals surface area contributed by atoms with Gasteiger partial charge in [-0.1, -0.05) is 17.7 Å². The molecule has 0 spiro atoms. The fourth-order valence-electron chi connectivity index (χ4n) is 2.89. The normalized spacial score (nSPS) is 14.0. The van der Waals surface area contributed by atoms with Gasteiger partial charge in [-0.05, 0) is 48.2 Å². The lowest BCUT2D eigenvalue weighted by atomic mass is 9.96. The minimum atomic E-state index is -0.160. The molecule has 0 unspecified atom stereocenters. The Labute approximate surface area is 151 Å². The van der Waals surface area contributed by atoms with Crippen molar-refractivity contribution in [2.75, 3.05) is 25.9 Å². The average Bonchev–Trinajstić information content (AvgIpc) is 2.77. The summed E-state index contributed by atoms with van der Waals surface area (Å²) in [5, 5.41) is 3.31. The fourth-order valence-corrected chi connectivity index (χ4v) is 3.17. The van der Waals surface area contributed by atoms with E-state index in [1.54, 1.807) is 13.3 Å². The summed E-state index contributed by atoms with van der Waals surface area (Å²) in [7, 11) is 1.71. The van der Waals surface area contributed by atoms with E-state index in [4.69, 9.17) is 22.1 Å². The summed E-state index contributed by atoms with van der Waals surface area (Å²) in [6.45, 7) is 2.82. The molecular weight excluding hydrogens is 338 g/mol. The van der Waals surface area contributed by atoms with Gasteiger partial charge < -0.3 is 15.8 Å². The molecule has 6 heteroatoms. The zero-order valence-electron chi connectivity index (χ0n) is 14.2. The predicted molar refractivity (Wildman–Crippen MR) is 101 cm³/mol. The van der Waals surface area contributed by atoms with Gasteiger partial charge in [-0.3, -0.25) is 9.79 Å². The third kappa shape index (κ3) is 3.46. The van der Waals surface area contributed by atoms with Gasteiger partial charge in [0, 0.05) is 24.5 Å². The van der Waals surface area contributed by atoms with Crippen LogP contribution in [0.25, 0.3) is 0 Å². The quantitative estimate of drug-likeness (QED) is 0.655. The van der Waals surface area contributed by atoms with Crippen molar-refractivity contribution in [3.63, 3.8) is 0 Å². The second kappa shape index (κ2) is 7.15. The van der Waals surface area contributed by atoms with E-state index in [1.165, 1.54) is 0 Å². The number of benzene rings is 2. The smallest absolute Gasteiger partial charge is 0.255 e. The number of aliphatic imine (C=N–C) groups is 1. The Balaban J connectivity index is 2.02. The number of hydrogen-bond acceptors (Lipinski definition) is 4. The summed E-state index contributed by atoms with van der Waals surface area (Å²) < 4.78 is 5.65. The topological polar surface area (TPSA) is 76.7 Å². The lowest BCUT2D eigenvalue weighted by Gasteiger charge is -2.15. The second-order valence-corrected chi connectivity index (χ2v) is 6.36. The molecule has 3 N–H and O–H groups in total. The van der Waals surface area contributed by atoms with Gasteiger partial charge in [0.05, 0.1) is 17.1 Å². The van der Waals surface area contributed by atoms with E-state index in [2.05, 4.69) is 10.3 Å². The molecule has 0 radical (unpaired) electrons. The van der Waals surface area contributed by atoms with E-state index in [9.17, 15) is 4.79 Å². The van der Waals surface area contributed by atoms with Gasteiger partial charge in [-0.25, -0.2) is 0 Å². The van der Waals surface area contributed by atoms with Gasteiger partial charge >= 0.3 is 0 Å². The maximum absolute atomic E-state index is 12.3. The van der Waals surface area contributed by atoms with Crippen LogP contribution < -0.4 is 15.8 Å². The highest BCUT2D eigenvalue weighted by molar-refractivity contribution is 6.33. The minimum absolute atomic E-state index is 0.160. The van der Waals surface area contributed by atoms with Crippen molar-refractivity contribution >= 4 is 29.4 Å². The Morgan fingerprint density at radius 1 is 1.40 bits per heavy atom. The van der Waals surface area contributed by atoms with Crippen molar-refractivity contribution in [2.45, 2.75) is 13.3 Å². The Morgan fingerprint density at radius 2 is 2.20 bits per heavy atom. The van der Waals surface area contributed by atoms with Crippen LogP contribution in [-0.2, 0) is 6.42 Å². The van der Waals surface area contributed by atoms with Crippen LogP contribution in [-0.4, -0.2) is 32.3 Å². The maximum Gasteiger partial charge on any atom is 0.255 e. The van der Waals surface area contributed by atoms with Crippen molar-refractivity contribution in [2.24, 2.45) is 4.99 Å². The first-order valence-electron chi connectivity index (χ1n) is 8.04. The highest BCUT2D eigenvalue weighted by Crippen LogP contribution is 2.36. The van der Waals surface area contributed by atoms with Crippen LogP contribution in [0.4, 0.5) is 5.69 Å². The van der Waals surface area contributed by atoms with E-state index in [0.717, 1.165) is 22.3 Å². The first kappa shape index (κ1) is 17.3. The molecule has 0 bridgehead atoms. The number of nitrogen functional groups attached to an aromatic ring is 1.